The van der Waals surface area contributed by atoms with Gasteiger partial charge in [-0.25, -0.2) is 0 Å². The van der Waals surface area contributed by atoms with Gasteiger partial charge in [-0.15, -0.1) is 0 Å². The Morgan fingerprint density at radius 2 is 1.86 bits per heavy atom. The van der Waals surface area contributed by atoms with Crippen LogP contribution in [0.3, 0.4) is 0 Å². The SMILES string of the molecule is COc1cccc(C2NC(=S)NC(C)=C2C(=O)Nc2ccc(C)cc2C)c1OC. The zero-order chi connectivity index (χ0) is 21.1. The third-order valence-electron chi connectivity index (χ3n) is 4.89. The molecular weight excluding hydrogens is 386 g/mol. The van der Waals surface area contributed by atoms with Gasteiger partial charge in [0, 0.05) is 16.9 Å². The Morgan fingerprint density at radius 1 is 1.10 bits per heavy atom. The van der Waals surface area contributed by atoms with Crippen molar-refractivity contribution in [2.24, 2.45) is 0 Å². The molecule has 0 saturated heterocycles. The molecule has 0 spiro atoms. The molecule has 0 fully saturated rings. The number of hydrogen-bond donors (Lipinski definition) is 3. The summed E-state index contributed by atoms with van der Waals surface area (Å²) in [4.78, 5) is 13.3. The number of anilines is 1. The summed E-state index contributed by atoms with van der Waals surface area (Å²) >= 11 is 5.34. The molecule has 3 N–H and O–H groups in total. The van der Waals surface area contributed by atoms with Crippen LogP contribution in [-0.4, -0.2) is 25.2 Å². The zero-order valence-electron chi connectivity index (χ0n) is 17.2. The minimum absolute atomic E-state index is 0.216. The molecular formula is C22H25N3O3S. The number of thiocarbonyl (C=S) groups is 1. The number of rotatable bonds is 5. The molecule has 29 heavy (non-hydrogen) atoms. The summed E-state index contributed by atoms with van der Waals surface area (Å²) < 4.78 is 11.0. The van der Waals surface area contributed by atoms with Gasteiger partial charge in [-0.2, -0.15) is 0 Å². The van der Waals surface area contributed by atoms with E-state index in [0.717, 1.165) is 22.4 Å². The highest BCUT2D eigenvalue weighted by molar-refractivity contribution is 7.80. The Morgan fingerprint density at radius 3 is 2.52 bits per heavy atom. The average molecular weight is 412 g/mol. The first-order valence-electron chi connectivity index (χ1n) is 9.23. The highest BCUT2D eigenvalue weighted by atomic mass is 32.1. The van der Waals surface area contributed by atoms with Crippen molar-refractivity contribution in [2.75, 3.05) is 19.5 Å². The van der Waals surface area contributed by atoms with E-state index in [4.69, 9.17) is 21.7 Å². The predicted octanol–water partition coefficient (Wildman–Crippen LogP) is 3.75. The maximum Gasteiger partial charge on any atom is 0.255 e. The molecule has 1 unspecified atom stereocenters. The van der Waals surface area contributed by atoms with Crippen LogP contribution >= 0.6 is 12.2 Å². The molecule has 1 atom stereocenters. The first kappa shape index (κ1) is 20.7. The number of methoxy groups -OCH3 is 2. The standard InChI is InChI=1S/C22H25N3O3S/c1-12-9-10-16(13(2)11-12)24-21(26)18-14(3)23-22(29)25-19(18)15-7-6-8-17(27-4)20(15)28-5/h6-11,19H,1-5H3,(H,24,26)(H2,23,25,29). The zero-order valence-corrected chi connectivity index (χ0v) is 18.0. The van der Waals surface area contributed by atoms with E-state index in [1.807, 2.05) is 57.2 Å². The lowest BCUT2D eigenvalue weighted by molar-refractivity contribution is -0.113. The van der Waals surface area contributed by atoms with Gasteiger partial charge in [0.05, 0.1) is 25.8 Å². The molecule has 6 nitrogen and oxygen atoms in total. The number of para-hydroxylation sites is 1. The van der Waals surface area contributed by atoms with E-state index in [9.17, 15) is 4.79 Å². The molecule has 3 rings (SSSR count). The van der Waals surface area contributed by atoms with Gasteiger partial charge in [0.15, 0.2) is 16.6 Å². The van der Waals surface area contributed by atoms with Gasteiger partial charge in [0.1, 0.15) is 0 Å². The molecule has 0 saturated carbocycles. The van der Waals surface area contributed by atoms with Crippen molar-refractivity contribution in [3.05, 3.63) is 64.4 Å². The van der Waals surface area contributed by atoms with Crippen molar-refractivity contribution >= 4 is 28.9 Å². The second kappa shape index (κ2) is 8.53. The van der Waals surface area contributed by atoms with Crippen molar-refractivity contribution in [3.63, 3.8) is 0 Å². The number of amides is 1. The van der Waals surface area contributed by atoms with Crippen molar-refractivity contribution in [1.82, 2.24) is 10.6 Å². The van der Waals surface area contributed by atoms with Crippen molar-refractivity contribution < 1.29 is 14.3 Å². The summed E-state index contributed by atoms with van der Waals surface area (Å²) in [6.45, 7) is 5.83. The van der Waals surface area contributed by atoms with Gasteiger partial charge in [0.2, 0.25) is 0 Å². The molecule has 2 aromatic rings. The normalized spacial score (nSPS) is 16.0. The third kappa shape index (κ3) is 4.19. The molecule has 1 aliphatic heterocycles. The number of carbonyl (C=O) groups is 1. The summed E-state index contributed by atoms with van der Waals surface area (Å²) in [5.74, 6) is 0.927. The van der Waals surface area contributed by atoms with Gasteiger partial charge in [-0.1, -0.05) is 29.8 Å². The Bertz CT molecular complexity index is 1000. The molecule has 0 radical (unpaired) electrons. The minimum atomic E-state index is -0.487. The molecule has 2 aromatic carbocycles. The lowest BCUT2D eigenvalue weighted by atomic mass is 9.93. The lowest BCUT2D eigenvalue weighted by Crippen LogP contribution is -2.45. The first-order chi connectivity index (χ1) is 13.8. The number of benzene rings is 2. The number of carbonyl (C=O) groups excluding carboxylic acids is 1. The summed E-state index contributed by atoms with van der Waals surface area (Å²) in [6.07, 6.45) is 0. The van der Waals surface area contributed by atoms with Crippen LogP contribution in [0.25, 0.3) is 0 Å². The largest absolute Gasteiger partial charge is 0.493 e. The van der Waals surface area contributed by atoms with Crippen LogP contribution < -0.4 is 25.4 Å². The monoisotopic (exact) mass is 411 g/mol. The molecule has 1 amide bonds. The van der Waals surface area contributed by atoms with Crippen molar-refractivity contribution in [2.45, 2.75) is 26.8 Å². The topological polar surface area (TPSA) is 71.6 Å². The minimum Gasteiger partial charge on any atom is -0.493 e. The van der Waals surface area contributed by atoms with Crippen LogP contribution in [0, 0.1) is 13.8 Å². The maximum absolute atomic E-state index is 13.3. The van der Waals surface area contributed by atoms with Gasteiger partial charge < -0.3 is 25.4 Å². The van der Waals surface area contributed by atoms with Crippen LogP contribution in [0.15, 0.2) is 47.7 Å². The van der Waals surface area contributed by atoms with E-state index in [1.54, 1.807) is 14.2 Å². The predicted molar refractivity (Wildman–Crippen MR) is 118 cm³/mol. The fourth-order valence-electron chi connectivity index (χ4n) is 3.51. The van der Waals surface area contributed by atoms with Crippen LogP contribution in [-0.2, 0) is 4.79 Å². The number of allylic oxidation sites excluding steroid dienone is 1. The quantitative estimate of drug-likeness (QED) is 0.651. The van der Waals surface area contributed by atoms with Crippen molar-refractivity contribution in [1.29, 1.82) is 0 Å². The molecule has 0 aliphatic carbocycles. The van der Waals surface area contributed by atoms with E-state index in [1.165, 1.54) is 0 Å². The highest BCUT2D eigenvalue weighted by Crippen LogP contribution is 2.39. The smallest absolute Gasteiger partial charge is 0.255 e. The van der Waals surface area contributed by atoms with Gasteiger partial charge in [0.25, 0.3) is 5.91 Å². The number of nitrogens with one attached hydrogen (secondary N) is 3. The fourth-order valence-corrected chi connectivity index (χ4v) is 3.78. The van der Waals surface area contributed by atoms with Crippen LogP contribution in [0.2, 0.25) is 0 Å². The van der Waals surface area contributed by atoms with Gasteiger partial charge in [-0.3, -0.25) is 4.79 Å². The maximum atomic E-state index is 13.3. The molecule has 7 heteroatoms. The Balaban J connectivity index is 2.04. The average Bonchev–Trinajstić information content (AvgIpc) is 2.68. The van der Waals surface area contributed by atoms with Crippen LogP contribution in [0.1, 0.15) is 29.7 Å². The molecule has 0 aromatic heterocycles. The number of hydrogen-bond acceptors (Lipinski definition) is 4. The van der Waals surface area contributed by atoms with E-state index in [0.29, 0.717) is 27.9 Å². The first-order valence-corrected chi connectivity index (χ1v) is 9.64. The molecule has 1 aliphatic rings. The van der Waals surface area contributed by atoms with E-state index < -0.39 is 6.04 Å². The van der Waals surface area contributed by atoms with Gasteiger partial charge in [-0.05, 0) is 50.7 Å². The van der Waals surface area contributed by atoms with Gasteiger partial charge >= 0.3 is 0 Å². The molecule has 152 valence electrons. The Kier molecular flexibility index (Phi) is 6.08. The van der Waals surface area contributed by atoms with Crippen LogP contribution in [0.5, 0.6) is 11.5 Å². The Hall–Kier alpha value is -3.06. The second-order valence-electron chi connectivity index (χ2n) is 6.93. The summed E-state index contributed by atoms with van der Waals surface area (Å²) in [5.41, 5.74) is 4.89. The third-order valence-corrected chi connectivity index (χ3v) is 5.11. The van der Waals surface area contributed by atoms with Crippen molar-refractivity contribution in [3.8, 4) is 11.5 Å². The highest BCUT2D eigenvalue weighted by Gasteiger charge is 2.32. The molecule has 1 heterocycles. The number of aryl methyl sites for hydroxylation is 2. The summed E-state index contributed by atoms with van der Waals surface area (Å²) in [7, 11) is 3.16. The van der Waals surface area contributed by atoms with E-state index >= 15 is 0 Å². The lowest BCUT2D eigenvalue weighted by Gasteiger charge is -2.31. The summed E-state index contributed by atoms with van der Waals surface area (Å²) in [6, 6.07) is 11.0. The van der Waals surface area contributed by atoms with E-state index in [-0.39, 0.29) is 5.91 Å². The Labute approximate surface area is 176 Å². The fraction of sp³-hybridized carbons (Fsp3) is 0.273. The van der Waals surface area contributed by atoms with Crippen LogP contribution in [0.4, 0.5) is 5.69 Å². The summed E-state index contributed by atoms with van der Waals surface area (Å²) in [5, 5.41) is 9.72. The van der Waals surface area contributed by atoms with E-state index in [2.05, 4.69) is 16.0 Å². The second-order valence-corrected chi connectivity index (χ2v) is 7.33. The number of ether oxygens (including phenoxy) is 2. The molecule has 0 bridgehead atoms.